The lowest BCUT2D eigenvalue weighted by Gasteiger charge is -2.46. The third kappa shape index (κ3) is 9.64. The van der Waals surface area contributed by atoms with E-state index in [2.05, 4.69) is 0 Å². The number of amides is 1. The number of carbonyl (C=O) groups excluding carboxylic acids is 1. The van der Waals surface area contributed by atoms with Gasteiger partial charge in [0, 0.05) is 18.8 Å². The van der Waals surface area contributed by atoms with Crippen LogP contribution in [0.5, 0.6) is 0 Å². The zero-order valence-electron chi connectivity index (χ0n) is 26.1. The van der Waals surface area contributed by atoms with E-state index in [1.807, 2.05) is 31.2 Å². The maximum absolute atomic E-state index is 13.5. The van der Waals surface area contributed by atoms with E-state index >= 15 is 0 Å². The first-order valence-corrected chi connectivity index (χ1v) is 15.2. The highest BCUT2D eigenvalue weighted by Crippen LogP contribution is 2.42. The van der Waals surface area contributed by atoms with Gasteiger partial charge in [-0.25, -0.2) is 4.79 Å². The summed E-state index contributed by atoms with van der Waals surface area (Å²) < 4.78 is 97.4. The van der Waals surface area contributed by atoms with Crippen LogP contribution in [0.15, 0.2) is 91.1 Å². The number of carbonyl (C=O) groups is 1. The van der Waals surface area contributed by atoms with E-state index < -0.39 is 41.2 Å². The molecule has 2 radical (unpaired) electrons. The molecule has 3 aromatic carbocycles. The van der Waals surface area contributed by atoms with E-state index in [0.717, 1.165) is 25.0 Å². The second kappa shape index (κ2) is 15.4. The molecule has 250 valence electrons. The average molecular weight is 659 g/mol. The minimum absolute atomic E-state index is 0.00610. The molecule has 47 heavy (non-hydrogen) atoms. The Balaban J connectivity index is 0.000000748. The summed E-state index contributed by atoms with van der Waals surface area (Å²) in [6, 6.07) is 19.5. The van der Waals surface area contributed by atoms with Crippen LogP contribution in [0.25, 0.3) is 0 Å². The number of benzene rings is 3. The number of rotatable bonds is 7. The Morgan fingerprint density at radius 2 is 1.57 bits per heavy atom. The summed E-state index contributed by atoms with van der Waals surface area (Å²) in [5.41, 5.74) is -2.82. The van der Waals surface area contributed by atoms with Crippen molar-refractivity contribution in [1.29, 1.82) is 0 Å². The monoisotopic (exact) mass is 659 g/mol. The van der Waals surface area contributed by atoms with Gasteiger partial charge in [-0.1, -0.05) is 73.7 Å². The fraction of sp³-hybridized carbons (Fsp3) is 0.400. The number of hydrogen-bond donors (Lipinski definition) is 0. The molecule has 2 unspecified atom stereocenters. The van der Waals surface area contributed by atoms with E-state index in [9.17, 15) is 31.1 Å². The van der Waals surface area contributed by atoms with Crippen LogP contribution < -0.4 is 0 Å². The average Bonchev–Trinajstić information content (AvgIpc) is 3.53. The Morgan fingerprint density at radius 3 is 2.09 bits per heavy atom. The third-order valence-electron chi connectivity index (χ3n) is 8.01. The van der Waals surface area contributed by atoms with Gasteiger partial charge >= 0.3 is 18.4 Å². The molecule has 2 aliphatic heterocycles. The van der Waals surface area contributed by atoms with Crippen molar-refractivity contribution in [3.63, 3.8) is 0 Å². The number of halogens is 6. The molecule has 0 spiro atoms. The van der Waals surface area contributed by atoms with Crippen LogP contribution in [-0.2, 0) is 38.7 Å². The van der Waals surface area contributed by atoms with Crippen molar-refractivity contribution in [3.05, 3.63) is 119 Å². The van der Waals surface area contributed by atoms with Crippen molar-refractivity contribution in [2.45, 2.75) is 69.7 Å². The summed E-state index contributed by atoms with van der Waals surface area (Å²) in [4.78, 5) is 14.8. The Kier molecular flexibility index (Phi) is 11.8. The van der Waals surface area contributed by atoms with E-state index in [1.165, 1.54) is 11.8 Å². The lowest BCUT2D eigenvalue weighted by molar-refractivity contribution is -0.143. The Morgan fingerprint density at radius 1 is 0.979 bits per heavy atom. The van der Waals surface area contributed by atoms with Crippen molar-refractivity contribution in [3.8, 4) is 0 Å². The third-order valence-corrected chi connectivity index (χ3v) is 8.01. The summed E-state index contributed by atoms with van der Waals surface area (Å²) in [6.45, 7) is 3.97. The molecule has 1 amide bonds. The molecule has 5 rings (SSSR count). The lowest BCUT2D eigenvalue weighted by atomic mass is 9.79. The van der Waals surface area contributed by atoms with Crippen molar-refractivity contribution in [1.82, 2.24) is 4.90 Å². The quantitative estimate of drug-likeness (QED) is 0.188. The van der Waals surface area contributed by atoms with Crippen LogP contribution >= 0.6 is 0 Å². The number of alkyl halides is 6. The van der Waals surface area contributed by atoms with Gasteiger partial charge in [-0.15, -0.1) is 0 Å². The second-order valence-corrected chi connectivity index (χ2v) is 11.7. The van der Waals surface area contributed by atoms with Gasteiger partial charge in [-0.2, -0.15) is 26.3 Å². The Labute approximate surface area is 271 Å². The van der Waals surface area contributed by atoms with Gasteiger partial charge in [-0.05, 0) is 67.0 Å². The number of hydrogen-bond acceptors (Lipinski definition) is 4. The topological polar surface area (TPSA) is 48.0 Å². The highest BCUT2D eigenvalue weighted by Gasteiger charge is 2.45. The van der Waals surface area contributed by atoms with Crippen LogP contribution in [0.4, 0.5) is 31.1 Å². The predicted molar refractivity (Wildman–Crippen MR) is 165 cm³/mol. The Bertz CT molecular complexity index is 1450. The predicted octanol–water partition coefficient (Wildman–Crippen LogP) is 9.18. The maximum atomic E-state index is 13.5. The molecular formula is C35H36BF6NO4. The second-order valence-electron chi connectivity index (χ2n) is 11.7. The SMILES string of the molecule is CC1C=CN(C(=O)OCc2ccccc2)[C@@](CO[C@H](C)c2cc(C(F)(F)F)cc(C(F)(F)F)c2)(c2ccccc2)C1.[B]C1CCCO1. The summed E-state index contributed by atoms with van der Waals surface area (Å²) >= 11 is 0. The van der Waals surface area contributed by atoms with Gasteiger partial charge in [0.25, 0.3) is 0 Å². The van der Waals surface area contributed by atoms with Gasteiger partial charge in [-0.3, -0.25) is 4.90 Å². The standard InChI is InChI=1S/C31H29F6NO3.C4H7BO/c1-21-13-14-38(28(39)40-19-23-9-5-3-6-10-23)29(18-21,25-11-7-4-8-12-25)20-41-22(2)24-15-26(30(32,33)34)17-27(16-24)31(35,36)37;5-4-2-1-3-6-4/h3-17,21-22H,18-20H2,1-2H3;4H,1-3H2/t21?,22-,29+;/m1./s1. The molecule has 1 saturated heterocycles. The van der Waals surface area contributed by atoms with E-state index in [-0.39, 0.29) is 36.8 Å². The highest BCUT2D eigenvalue weighted by atomic mass is 19.4. The number of allylic oxidation sites excluding steroid dienone is 1. The molecule has 0 aromatic heterocycles. The zero-order chi connectivity index (χ0) is 34.2. The van der Waals surface area contributed by atoms with Gasteiger partial charge in [0.05, 0.1) is 29.4 Å². The van der Waals surface area contributed by atoms with E-state index in [4.69, 9.17) is 22.1 Å². The van der Waals surface area contributed by atoms with Gasteiger partial charge in [0.1, 0.15) is 14.5 Å². The molecule has 0 N–H and O–H groups in total. The molecule has 2 aliphatic rings. The van der Waals surface area contributed by atoms with Crippen molar-refractivity contribution in [2.75, 3.05) is 13.2 Å². The molecule has 5 nitrogen and oxygen atoms in total. The molecule has 1 fully saturated rings. The zero-order valence-corrected chi connectivity index (χ0v) is 26.1. The number of ether oxygens (including phenoxy) is 3. The summed E-state index contributed by atoms with van der Waals surface area (Å²) in [5.74, 6) is -0.0299. The highest BCUT2D eigenvalue weighted by molar-refractivity contribution is 6.11. The number of nitrogens with zero attached hydrogens (tertiary/aromatic N) is 1. The van der Waals surface area contributed by atoms with Gasteiger partial charge < -0.3 is 14.2 Å². The van der Waals surface area contributed by atoms with Crippen LogP contribution in [0.1, 0.15) is 67.0 Å². The molecule has 0 saturated carbocycles. The molecule has 3 aromatic rings. The van der Waals surface area contributed by atoms with Crippen molar-refractivity contribution in [2.24, 2.45) is 5.92 Å². The first-order valence-electron chi connectivity index (χ1n) is 15.2. The smallest absolute Gasteiger partial charge is 0.416 e. The largest absolute Gasteiger partial charge is 0.444 e. The van der Waals surface area contributed by atoms with Gasteiger partial charge in [0.2, 0.25) is 0 Å². The normalized spacial score (nSPS) is 21.9. The van der Waals surface area contributed by atoms with E-state index in [0.29, 0.717) is 24.1 Å². The maximum Gasteiger partial charge on any atom is 0.416 e. The molecule has 2 heterocycles. The van der Waals surface area contributed by atoms with Crippen LogP contribution in [0, 0.1) is 5.92 Å². The fourth-order valence-electron chi connectivity index (χ4n) is 5.49. The van der Waals surface area contributed by atoms with Crippen LogP contribution in [0.3, 0.4) is 0 Å². The molecule has 12 heteroatoms. The lowest BCUT2D eigenvalue weighted by Crippen LogP contribution is -2.52. The van der Waals surface area contributed by atoms with Crippen LogP contribution in [-0.4, -0.2) is 38.1 Å². The minimum atomic E-state index is -4.98. The fourth-order valence-corrected chi connectivity index (χ4v) is 5.49. The molecular weight excluding hydrogens is 623 g/mol. The first-order chi connectivity index (χ1) is 22.2. The minimum Gasteiger partial charge on any atom is -0.444 e. The molecule has 0 bridgehead atoms. The van der Waals surface area contributed by atoms with Crippen molar-refractivity contribution < 1.29 is 45.3 Å². The first kappa shape index (κ1) is 36.1. The summed E-state index contributed by atoms with van der Waals surface area (Å²) in [6.07, 6.45) is -5.82. The summed E-state index contributed by atoms with van der Waals surface area (Å²) in [5, 5.41) is 0. The summed E-state index contributed by atoms with van der Waals surface area (Å²) in [7, 11) is 5.31. The van der Waals surface area contributed by atoms with Gasteiger partial charge in [0.15, 0.2) is 0 Å². The molecule has 4 atom stereocenters. The molecule has 0 aliphatic carbocycles. The Hall–Kier alpha value is -3.77. The van der Waals surface area contributed by atoms with E-state index in [1.54, 1.807) is 48.7 Å². The van der Waals surface area contributed by atoms with Crippen molar-refractivity contribution >= 4 is 13.9 Å². The van der Waals surface area contributed by atoms with Crippen LogP contribution in [0.2, 0.25) is 0 Å².